The minimum absolute atomic E-state index is 0.862. The summed E-state index contributed by atoms with van der Waals surface area (Å²) in [6.45, 7) is 0. The molecule has 3 nitrogen and oxygen atoms in total. The van der Waals surface area contributed by atoms with Gasteiger partial charge in [0.15, 0.2) is 0 Å². The summed E-state index contributed by atoms with van der Waals surface area (Å²) in [6, 6.07) is 56.0. The van der Waals surface area contributed by atoms with Gasteiger partial charge in [-0.3, -0.25) is 0 Å². The van der Waals surface area contributed by atoms with Crippen LogP contribution in [-0.2, 0) is 0 Å². The molecule has 0 atom stereocenters. The molecular formula is C48H26O3. The standard InChI is InChI=1S/C48H26O3/c1-2-10-30-27(9-1)17-20-35-38-25-28(19-22-40(38)51-48(30)35)44-31-11-3-5-13-33(31)45(34-14-6-4-12-32(34)44)29-18-21-37-43(26-29)50-42-24-23-41-46(47(37)42)36-15-7-8-16-39(36)49-41/h1-26H. The van der Waals surface area contributed by atoms with Crippen molar-refractivity contribution in [3.63, 3.8) is 0 Å². The molecule has 3 aromatic heterocycles. The zero-order chi connectivity index (χ0) is 33.2. The molecular weight excluding hydrogens is 625 g/mol. The fourth-order valence-electron chi connectivity index (χ4n) is 8.65. The smallest absolute Gasteiger partial charge is 0.143 e. The van der Waals surface area contributed by atoms with Crippen LogP contribution in [0.15, 0.2) is 171 Å². The summed E-state index contributed by atoms with van der Waals surface area (Å²) in [6.07, 6.45) is 0. The van der Waals surface area contributed by atoms with Crippen LogP contribution in [0.3, 0.4) is 0 Å². The number of para-hydroxylation sites is 1. The van der Waals surface area contributed by atoms with E-state index in [1.807, 2.05) is 24.3 Å². The molecule has 0 amide bonds. The van der Waals surface area contributed by atoms with Gasteiger partial charge in [-0.15, -0.1) is 0 Å². The van der Waals surface area contributed by atoms with Gasteiger partial charge in [0.1, 0.15) is 33.5 Å². The Bertz CT molecular complexity index is 3370. The van der Waals surface area contributed by atoms with Crippen molar-refractivity contribution in [2.45, 2.75) is 0 Å². The molecule has 0 saturated heterocycles. The van der Waals surface area contributed by atoms with Crippen LogP contribution in [0.2, 0.25) is 0 Å². The highest BCUT2D eigenvalue weighted by Crippen LogP contribution is 2.47. The van der Waals surface area contributed by atoms with Crippen LogP contribution in [-0.4, -0.2) is 0 Å². The third kappa shape index (κ3) is 3.67. The average molecular weight is 651 g/mol. The molecule has 0 aliphatic carbocycles. The van der Waals surface area contributed by atoms with E-state index < -0.39 is 0 Å². The number of hydrogen-bond donors (Lipinski definition) is 0. The Morgan fingerprint density at radius 1 is 0.275 bits per heavy atom. The first kappa shape index (κ1) is 27.0. The maximum absolute atomic E-state index is 6.60. The van der Waals surface area contributed by atoms with Gasteiger partial charge in [0.05, 0.1) is 0 Å². The van der Waals surface area contributed by atoms with Gasteiger partial charge in [-0.1, -0.05) is 109 Å². The van der Waals surface area contributed by atoms with Gasteiger partial charge in [0.2, 0.25) is 0 Å². The van der Waals surface area contributed by atoms with Crippen molar-refractivity contribution in [2.24, 2.45) is 0 Å². The third-order valence-electron chi connectivity index (χ3n) is 10.8. The van der Waals surface area contributed by atoms with E-state index >= 15 is 0 Å². The van der Waals surface area contributed by atoms with Gasteiger partial charge >= 0.3 is 0 Å². The van der Waals surface area contributed by atoms with Gasteiger partial charge in [0, 0.05) is 37.7 Å². The number of rotatable bonds is 2. The lowest BCUT2D eigenvalue weighted by atomic mass is 9.85. The molecule has 9 aromatic carbocycles. The lowest BCUT2D eigenvalue weighted by Crippen LogP contribution is -1.90. The minimum Gasteiger partial charge on any atom is -0.456 e. The van der Waals surface area contributed by atoms with E-state index in [1.165, 1.54) is 43.6 Å². The molecule has 0 fully saturated rings. The summed E-state index contributed by atoms with van der Waals surface area (Å²) in [5.74, 6) is 0. The molecule has 0 radical (unpaired) electrons. The second-order valence-corrected chi connectivity index (χ2v) is 13.5. The normalized spacial score (nSPS) is 12.3. The highest BCUT2D eigenvalue weighted by atomic mass is 16.3. The highest BCUT2D eigenvalue weighted by molar-refractivity contribution is 6.27. The second-order valence-electron chi connectivity index (χ2n) is 13.5. The molecule has 0 saturated carbocycles. The first-order chi connectivity index (χ1) is 25.3. The summed E-state index contributed by atoms with van der Waals surface area (Å²) in [4.78, 5) is 0. The van der Waals surface area contributed by atoms with Crippen molar-refractivity contribution in [3.05, 3.63) is 158 Å². The van der Waals surface area contributed by atoms with E-state index in [9.17, 15) is 0 Å². The molecule has 0 unspecified atom stereocenters. The molecule has 0 spiro atoms. The van der Waals surface area contributed by atoms with Crippen molar-refractivity contribution in [1.82, 2.24) is 0 Å². The predicted molar refractivity (Wildman–Crippen MR) is 212 cm³/mol. The van der Waals surface area contributed by atoms with E-state index in [0.717, 1.165) is 76.8 Å². The van der Waals surface area contributed by atoms with Crippen LogP contribution >= 0.6 is 0 Å². The quantitative estimate of drug-likeness (QED) is 0.175. The predicted octanol–water partition coefficient (Wildman–Crippen LogP) is 14.2. The number of benzene rings is 9. The van der Waals surface area contributed by atoms with Crippen LogP contribution < -0.4 is 0 Å². The highest BCUT2D eigenvalue weighted by Gasteiger charge is 2.21. The Kier molecular flexibility index (Phi) is 5.23. The van der Waals surface area contributed by atoms with Crippen molar-refractivity contribution >= 4 is 98.1 Å². The molecule has 0 bridgehead atoms. The molecule has 12 rings (SSSR count). The van der Waals surface area contributed by atoms with Crippen LogP contribution in [0.25, 0.3) is 120 Å². The Labute approximate surface area is 290 Å². The number of furan rings is 3. The van der Waals surface area contributed by atoms with E-state index in [1.54, 1.807) is 0 Å². The monoisotopic (exact) mass is 650 g/mol. The minimum atomic E-state index is 0.862. The summed E-state index contributed by atoms with van der Waals surface area (Å²) in [7, 11) is 0. The molecule has 12 aromatic rings. The first-order valence-corrected chi connectivity index (χ1v) is 17.3. The van der Waals surface area contributed by atoms with Crippen LogP contribution in [0.5, 0.6) is 0 Å². The van der Waals surface area contributed by atoms with E-state index in [0.29, 0.717) is 0 Å². The summed E-state index contributed by atoms with van der Waals surface area (Å²) < 4.78 is 19.3. The second kappa shape index (κ2) is 9.87. The zero-order valence-corrected chi connectivity index (χ0v) is 27.2. The third-order valence-corrected chi connectivity index (χ3v) is 10.8. The fourth-order valence-corrected chi connectivity index (χ4v) is 8.65. The van der Waals surface area contributed by atoms with Gasteiger partial charge in [-0.05, 0) is 97.7 Å². The topological polar surface area (TPSA) is 39.4 Å². The number of fused-ring (bicyclic) bond motifs is 14. The van der Waals surface area contributed by atoms with E-state index in [4.69, 9.17) is 13.3 Å². The molecule has 0 N–H and O–H groups in total. The maximum Gasteiger partial charge on any atom is 0.143 e. The molecule has 0 aliphatic rings. The van der Waals surface area contributed by atoms with Crippen molar-refractivity contribution in [2.75, 3.05) is 0 Å². The Hall–Kier alpha value is -6.84. The molecule has 51 heavy (non-hydrogen) atoms. The maximum atomic E-state index is 6.60. The van der Waals surface area contributed by atoms with Crippen molar-refractivity contribution in [1.29, 1.82) is 0 Å². The SMILES string of the molecule is c1ccc2c(c1)ccc1c3cc(-c4c5ccccc5c(-c5ccc6c(c5)oc5ccc7oc8ccccc8c7c56)c5ccccc45)ccc3oc21. The fraction of sp³-hybridized carbons (Fsp3) is 0. The lowest BCUT2D eigenvalue weighted by Gasteiger charge is -2.17. The largest absolute Gasteiger partial charge is 0.456 e. The van der Waals surface area contributed by atoms with E-state index in [-0.39, 0.29) is 0 Å². The first-order valence-electron chi connectivity index (χ1n) is 17.3. The number of hydrogen-bond acceptors (Lipinski definition) is 3. The molecule has 0 aliphatic heterocycles. The molecule has 3 heteroatoms. The summed E-state index contributed by atoms with van der Waals surface area (Å²) in [5.41, 5.74) is 10.0. The lowest BCUT2D eigenvalue weighted by molar-refractivity contribution is 0.663. The Balaban J connectivity index is 1.11. The van der Waals surface area contributed by atoms with Crippen LogP contribution in [0.4, 0.5) is 0 Å². The molecule has 236 valence electrons. The Morgan fingerprint density at radius 2 is 0.765 bits per heavy atom. The van der Waals surface area contributed by atoms with Crippen molar-refractivity contribution in [3.8, 4) is 22.3 Å². The van der Waals surface area contributed by atoms with Crippen molar-refractivity contribution < 1.29 is 13.3 Å². The summed E-state index contributed by atoms with van der Waals surface area (Å²) >= 11 is 0. The van der Waals surface area contributed by atoms with E-state index in [2.05, 4.69) is 133 Å². The average Bonchev–Trinajstić information content (AvgIpc) is 3.87. The zero-order valence-electron chi connectivity index (χ0n) is 27.2. The van der Waals surface area contributed by atoms with Gasteiger partial charge in [0.25, 0.3) is 0 Å². The molecule has 3 heterocycles. The van der Waals surface area contributed by atoms with Gasteiger partial charge in [-0.2, -0.15) is 0 Å². The van der Waals surface area contributed by atoms with Gasteiger partial charge < -0.3 is 13.3 Å². The van der Waals surface area contributed by atoms with Crippen LogP contribution in [0.1, 0.15) is 0 Å². The Morgan fingerprint density at radius 3 is 1.47 bits per heavy atom. The van der Waals surface area contributed by atoms with Crippen LogP contribution in [0, 0.1) is 0 Å². The summed E-state index contributed by atoms with van der Waals surface area (Å²) in [5, 5.41) is 13.8. The van der Waals surface area contributed by atoms with Gasteiger partial charge in [-0.25, -0.2) is 0 Å².